The third-order valence-electron chi connectivity index (χ3n) is 1.61. The molecule has 0 radical (unpaired) electrons. The first-order valence-corrected chi connectivity index (χ1v) is 5.50. The van der Waals surface area contributed by atoms with E-state index in [-0.39, 0.29) is 10.6 Å². The van der Waals surface area contributed by atoms with E-state index >= 15 is 0 Å². The summed E-state index contributed by atoms with van der Waals surface area (Å²) >= 11 is 0. The maximum atomic E-state index is 11.2. The summed E-state index contributed by atoms with van der Waals surface area (Å²) < 4.78 is 22.4. The van der Waals surface area contributed by atoms with Crippen LogP contribution in [0.3, 0.4) is 0 Å². The first-order chi connectivity index (χ1) is 5.95. The second-order valence-corrected chi connectivity index (χ2v) is 4.68. The molecule has 4 heteroatoms. The van der Waals surface area contributed by atoms with Crippen molar-refractivity contribution in [1.29, 1.82) is 0 Å². The standard InChI is InChI=1S/C9H10O3S/c1-3-7-6-8(10)4-5-9(7)13(2,11)12/h3-6,10H,1H2,2H3. The van der Waals surface area contributed by atoms with Crippen LogP contribution in [-0.2, 0) is 9.84 Å². The van der Waals surface area contributed by atoms with E-state index in [2.05, 4.69) is 6.58 Å². The Kier molecular flexibility index (Phi) is 2.43. The smallest absolute Gasteiger partial charge is 0.176 e. The van der Waals surface area contributed by atoms with Crippen LogP contribution in [0, 0.1) is 0 Å². The van der Waals surface area contributed by atoms with Gasteiger partial charge in [0.25, 0.3) is 0 Å². The van der Waals surface area contributed by atoms with Gasteiger partial charge >= 0.3 is 0 Å². The summed E-state index contributed by atoms with van der Waals surface area (Å²) in [5.41, 5.74) is 0.419. The SMILES string of the molecule is C=Cc1cc(O)ccc1S(C)(=O)=O. The lowest BCUT2D eigenvalue weighted by Crippen LogP contribution is -1.99. The van der Waals surface area contributed by atoms with Gasteiger partial charge in [-0.15, -0.1) is 0 Å². The Morgan fingerprint density at radius 1 is 1.46 bits per heavy atom. The van der Waals surface area contributed by atoms with E-state index in [0.29, 0.717) is 5.56 Å². The molecule has 1 N–H and O–H groups in total. The molecule has 0 aliphatic carbocycles. The Hall–Kier alpha value is -1.29. The molecule has 0 aromatic heterocycles. The zero-order chi connectivity index (χ0) is 10.1. The number of hydrogen-bond acceptors (Lipinski definition) is 3. The molecule has 0 amide bonds. The fourth-order valence-electron chi connectivity index (χ4n) is 1.03. The topological polar surface area (TPSA) is 54.4 Å². The lowest BCUT2D eigenvalue weighted by molar-refractivity contribution is 0.474. The Bertz CT molecular complexity index is 432. The quantitative estimate of drug-likeness (QED) is 0.782. The summed E-state index contributed by atoms with van der Waals surface area (Å²) in [5.74, 6) is 0.0299. The zero-order valence-electron chi connectivity index (χ0n) is 7.19. The molecule has 0 spiro atoms. The van der Waals surface area contributed by atoms with Crippen molar-refractivity contribution in [2.45, 2.75) is 4.90 Å². The van der Waals surface area contributed by atoms with Gasteiger partial charge in [-0.1, -0.05) is 12.7 Å². The van der Waals surface area contributed by atoms with Gasteiger partial charge in [0.2, 0.25) is 0 Å². The molecular formula is C9H10O3S. The molecule has 0 unspecified atom stereocenters. The lowest BCUT2D eigenvalue weighted by Gasteiger charge is -2.03. The van der Waals surface area contributed by atoms with E-state index in [0.717, 1.165) is 6.26 Å². The molecule has 0 heterocycles. The number of phenols is 1. The number of rotatable bonds is 2. The van der Waals surface area contributed by atoms with Crippen LogP contribution < -0.4 is 0 Å². The highest BCUT2D eigenvalue weighted by molar-refractivity contribution is 7.90. The van der Waals surface area contributed by atoms with Gasteiger partial charge < -0.3 is 5.11 Å². The number of benzene rings is 1. The molecule has 13 heavy (non-hydrogen) atoms. The fraction of sp³-hybridized carbons (Fsp3) is 0.111. The highest BCUT2D eigenvalue weighted by Crippen LogP contribution is 2.21. The molecule has 0 bridgehead atoms. The van der Waals surface area contributed by atoms with Crippen LogP contribution in [-0.4, -0.2) is 19.8 Å². The molecule has 0 saturated carbocycles. The second kappa shape index (κ2) is 3.22. The van der Waals surface area contributed by atoms with Crippen LogP contribution >= 0.6 is 0 Å². The first-order valence-electron chi connectivity index (χ1n) is 3.60. The van der Waals surface area contributed by atoms with Gasteiger partial charge in [0.1, 0.15) is 5.75 Å². The highest BCUT2D eigenvalue weighted by Gasteiger charge is 2.11. The van der Waals surface area contributed by atoms with Gasteiger partial charge in [0.05, 0.1) is 4.90 Å². The van der Waals surface area contributed by atoms with Crippen molar-refractivity contribution in [2.24, 2.45) is 0 Å². The average Bonchev–Trinajstić information content (AvgIpc) is 2.01. The van der Waals surface area contributed by atoms with Crippen molar-refractivity contribution in [3.05, 3.63) is 30.3 Å². The minimum Gasteiger partial charge on any atom is -0.508 e. The number of phenolic OH excluding ortho intramolecular Hbond substituents is 1. The van der Waals surface area contributed by atoms with E-state index in [1.165, 1.54) is 24.3 Å². The summed E-state index contributed by atoms with van der Waals surface area (Å²) in [6.45, 7) is 3.47. The zero-order valence-corrected chi connectivity index (χ0v) is 8.00. The largest absolute Gasteiger partial charge is 0.508 e. The van der Waals surface area contributed by atoms with Gasteiger partial charge in [-0.05, 0) is 23.8 Å². The summed E-state index contributed by atoms with van der Waals surface area (Å²) in [6, 6.07) is 4.06. The predicted molar refractivity (Wildman–Crippen MR) is 51.3 cm³/mol. The molecule has 0 aliphatic heterocycles. The summed E-state index contributed by atoms with van der Waals surface area (Å²) in [4.78, 5) is 0.181. The predicted octanol–water partition coefficient (Wildman–Crippen LogP) is 1.44. The van der Waals surface area contributed by atoms with Crippen molar-refractivity contribution >= 4 is 15.9 Å². The number of hydrogen-bond donors (Lipinski definition) is 1. The lowest BCUT2D eigenvalue weighted by atomic mass is 10.2. The second-order valence-electron chi connectivity index (χ2n) is 2.70. The minimum atomic E-state index is -3.24. The van der Waals surface area contributed by atoms with Crippen molar-refractivity contribution in [3.63, 3.8) is 0 Å². The molecule has 0 atom stereocenters. The van der Waals surface area contributed by atoms with E-state index in [9.17, 15) is 8.42 Å². The van der Waals surface area contributed by atoms with Crippen LogP contribution in [0.1, 0.15) is 5.56 Å². The highest BCUT2D eigenvalue weighted by atomic mass is 32.2. The van der Waals surface area contributed by atoms with Crippen LogP contribution in [0.2, 0.25) is 0 Å². The molecule has 1 aromatic rings. The van der Waals surface area contributed by atoms with Crippen molar-refractivity contribution in [3.8, 4) is 5.75 Å². The number of sulfone groups is 1. The third kappa shape index (κ3) is 2.09. The van der Waals surface area contributed by atoms with Crippen LogP contribution in [0.5, 0.6) is 5.75 Å². The fourth-order valence-corrected chi connectivity index (χ4v) is 1.92. The van der Waals surface area contributed by atoms with Crippen LogP contribution in [0.15, 0.2) is 29.7 Å². The van der Waals surface area contributed by atoms with Crippen LogP contribution in [0.4, 0.5) is 0 Å². The first kappa shape index (κ1) is 9.80. The van der Waals surface area contributed by atoms with E-state index in [1.54, 1.807) is 0 Å². The third-order valence-corrected chi connectivity index (χ3v) is 2.78. The Balaban J connectivity index is 3.47. The maximum Gasteiger partial charge on any atom is 0.176 e. The molecule has 0 fully saturated rings. The van der Waals surface area contributed by atoms with E-state index in [4.69, 9.17) is 5.11 Å². The van der Waals surface area contributed by atoms with Gasteiger partial charge in [0.15, 0.2) is 9.84 Å². The summed E-state index contributed by atoms with van der Waals surface area (Å²) in [7, 11) is -3.24. The Morgan fingerprint density at radius 2 is 2.08 bits per heavy atom. The van der Waals surface area contributed by atoms with E-state index in [1.807, 2.05) is 0 Å². The average molecular weight is 198 g/mol. The number of aromatic hydroxyl groups is 1. The molecule has 1 aromatic carbocycles. The Labute approximate surface area is 77.3 Å². The summed E-state index contributed by atoms with van der Waals surface area (Å²) in [6.07, 6.45) is 2.52. The van der Waals surface area contributed by atoms with Gasteiger partial charge in [0, 0.05) is 6.26 Å². The van der Waals surface area contributed by atoms with Crippen molar-refractivity contribution in [1.82, 2.24) is 0 Å². The minimum absolute atomic E-state index is 0.0299. The maximum absolute atomic E-state index is 11.2. The van der Waals surface area contributed by atoms with E-state index < -0.39 is 9.84 Å². The molecule has 3 nitrogen and oxygen atoms in total. The van der Waals surface area contributed by atoms with Crippen molar-refractivity contribution in [2.75, 3.05) is 6.26 Å². The van der Waals surface area contributed by atoms with Crippen LogP contribution in [0.25, 0.3) is 6.08 Å². The molecule has 1 rings (SSSR count). The van der Waals surface area contributed by atoms with Gasteiger partial charge in [-0.25, -0.2) is 8.42 Å². The molecule has 70 valence electrons. The molecule has 0 aliphatic rings. The molecular weight excluding hydrogens is 188 g/mol. The monoisotopic (exact) mass is 198 g/mol. The Morgan fingerprint density at radius 3 is 2.54 bits per heavy atom. The van der Waals surface area contributed by atoms with Gasteiger partial charge in [-0.3, -0.25) is 0 Å². The van der Waals surface area contributed by atoms with Crippen molar-refractivity contribution < 1.29 is 13.5 Å². The summed E-state index contributed by atoms with van der Waals surface area (Å²) in [5, 5.41) is 9.09. The van der Waals surface area contributed by atoms with Gasteiger partial charge in [-0.2, -0.15) is 0 Å². The normalized spacial score (nSPS) is 11.2. The molecule has 0 saturated heterocycles.